The van der Waals surface area contributed by atoms with Crippen LogP contribution in [0, 0.1) is 12.7 Å². The van der Waals surface area contributed by atoms with Gasteiger partial charge in [0.25, 0.3) is 5.56 Å². The van der Waals surface area contributed by atoms with Crippen LogP contribution in [-0.4, -0.2) is 23.7 Å². The predicted octanol–water partition coefficient (Wildman–Crippen LogP) is 4.19. The van der Waals surface area contributed by atoms with Gasteiger partial charge in [0.05, 0.1) is 16.8 Å². The van der Waals surface area contributed by atoms with Gasteiger partial charge in [0.1, 0.15) is 0 Å². The number of fused-ring (bicyclic) bond motifs is 1. The third kappa shape index (κ3) is 3.76. The molecule has 160 valence electrons. The van der Waals surface area contributed by atoms with Gasteiger partial charge in [-0.1, -0.05) is 32.0 Å². The number of alkyl halides is 3. The smallest absolute Gasteiger partial charge is 0.373 e. The molecule has 0 bridgehead atoms. The SMILES string of the molecule is Cc1ccccc1-n1nc(C(C)C)c2cc(F)c(OS(=O)(=O)C(F)(F)F)cc2c1=O. The fraction of sp³-hybridized carbons (Fsp3) is 0.263. The zero-order chi connectivity index (χ0) is 22.4. The van der Waals surface area contributed by atoms with Gasteiger partial charge in [0.15, 0.2) is 11.6 Å². The zero-order valence-corrected chi connectivity index (χ0v) is 16.8. The standard InChI is InChI=1S/C19H16F4N2O4S/c1-10(2)17-12-8-14(20)16(29-30(27,28)19(21,22)23)9-13(12)18(26)25(24-17)15-7-5-4-6-11(15)3/h4-10H,1-3H3. The van der Waals surface area contributed by atoms with Gasteiger partial charge >= 0.3 is 15.6 Å². The van der Waals surface area contributed by atoms with Crippen LogP contribution in [0.4, 0.5) is 17.6 Å². The van der Waals surface area contributed by atoms with E-state index in [0.29, 0.717) is 23.0 Å². The molecule has 0 spiro atoms. The molecule has 0 fully saturated rings. The number of aromatic nitrogens is 2. The fourth-order valence-corrected chi connectivity index (χ4v) is 3.34. The Morgan fingerprint density at radius 3 is 2.30 bits per heavy atom. The maximum atomic E-state index is 14.4. The number of benzene rings is 2. The average Bonchev–Trinajstić information content (AvgIpc) is 2.63. The van der Waals surface area contributed by atoms with Crippen molar-refractivity contribution in [2.45, 2.75) is 32.2 Å². The maximum Gasteiger partial charge on any atom is 0.534 e. The van der Waals surface area contributed by atoms with Crippen LogP contribution < -0.4 is 9.74 Å². The second-order valence-electron chi connectivity index (χ2n) is 6.85. The third-order valence-corrected chi connectivity index (χ3v) is 5.32. The van der Waals surface area contributed by atoms with E-state index in [-0.39, 0.29) is 16.7 Å². The van der Waals surface area contributed by atoms with E-state index in [0.717, 1.165) is 10.7 Å². The quantitative estimate of drug-likeness (QED) is 0.343. The molecule has 11 heteroatoms. The van der Waals surface area contributed by atoms with E-state index in [1.165, 1.54) is 0 Å². The molecule has 0 saturated heterocycles. The molecule has 0 aliphatic heterocycles. The lowest BCUT2D eigenvalue weighted by Crippen LogP contribution is -2.28. The Labute approximate surface area is 168 Å². The molecule has 3 aromatic rings. The summed E-state index contributed by atoms with van der Waals surface area (Å²) in [6, 6.07) is 8.18. The Kier molecular flexibility index (Phi) is 5.35. The molecule has 6 nitrogen and oxygen atoms in total. The summed E-state index contributed by atoms with van der Waals surface area (Å²) in [5.74, 6) is -2.88. The Bertz CT molecular complexity index is 1300. The molecular formula is C19H16F4N2O4S. The number of aryl methyl sites for hydroxylation is 1. The average molecular weight is 444 g/mol. The molecular weight excluding hydrogens is 428 g/mol. The Morgan fingerprint density at radius 1 is 1.10 bits per heavy atom. The highest BCUT2D eigenvalue weighted by Crippen LogP contribution is 2.32. The van der Waals surface area contributed by atoms with E-state index in [1.807, 2.05) is 0 Å². The number of hydrogen-bond donors (Lipinski definition) is 0. The summed E-state index contributed by atoms with van der Waals surface area (Å²) in [5.41, 5.74) is -5.10. The molecule has 0 radical (unpaired) electrons. The first-order valence-electron chi connectivity index (χ1n) is 8.66. The maximum absolute atomic E-state index is 14.4. The van der Waals surface area contributed by atoms with Crippen molar-refractivity contribution < 1.29 is 30.2 Å². The molecule has 3 rings (SSSR count). The third-order valence-electron chi connectivity index (χ3n) is 4.35. The van der Waals surface area contributed by atoms with Gasteiger partial charge in [0.2, 0.25) is 0 Å². The first-order chi connectivity index (χ1) is 13.8. The van der Waals surface area contributed by atoms with Gasteiger partial charge in [-0.15, -0.1) is 0 Å². The van der Waals surface area contributed by atoms with Crippen molar-refractivity contribution in [2.24, 2.45) is 0 Å². The number of nitrogens with zero attached hydrogens (tertiary/aromatic N) is 2. The van der Waals surface area contributed by atoms with Crippen LogP contribution in [-0.2, 0) is 10.1 Å². The van der Waals surface area contributed by atoms with Crippen molar-refractivity contribution in [3.8, 4) is 11.4 Å². The summed E-state index contributed by atoms with van der Waals surface area (Å²) < 4.78 is 79.9. The van der Waals surface area contributed by atoms with E-state index >= 15 is 0 Å². The summed E-state index contributed by atoms with van der Waals surface area (Å²) in [5, 5.41) is 4.13. The summed E-state index contributed by atoms with van der Waals surface area (Å²) >= 11 is 0. The highest BCUT2D eigenvalue weighted by atomic mass is 32.2. The summed E-state index contributed by atoms with van der Waals surface area (Å²) in [7, 11) is -6.11. The van der Waals surface area contributed by atoms with E-state index in [1.54, 1.807) is 45.0 Å². The lowest BCUT2D eigenvalue weighted by molar-refractivity contribution is -0.0500. The van der Waals surface area contributed by atoms with Crippen molar-refractivity contribution in [3.05, 3.63) is 63.8 Å². The predicted molar refractivity (Wildman–Crippen MR) is 102 cm³/mol. The summed E-state index contributed by atoms with van der Waals surface area (Å²) in [4.78, 5) is 13.0. The largest absolute Gasteiger partial charge is 0.534 e. The number of halogens is 4. The lowest BCUT2D eigenvalue weighted by Gasteiger charge is -2.16. The van der Waals surface area contributed by atoms with Gasteiger partial charge < -0.3 is 4.18 Å². The topological polar surface area (TPSA) is 78.3 Å². The first kappa shape index (κ1) is 21.8. The van der Waals surface area contributed by atoms with E-state index < -0.39 is 32.8 Å². The summed E-state index contributed by atoms with van der Waals surface area (Å²) in [6.45, 7) is 5.22. The highest BCUT2D eigenvalue weighted by molar-refractivity contribution is 7.88. The molecule has 2 aromatic carbocycles. The van der Waals surface area contributed by atoms with Gasteiger partial charge in [-0.25, -0.2) is 4.39 Å². The van der Waals surface area contributed by atoms with Crippen LogP contribution in [0.25, 0.3) is 16.5 Å². The minimum absolute atomic E-state index is 0.0501. The van der Waals surface area contributed by atoms with Gasteiger partial charge in [-0.3, -0.25) is 4.79 Å². The van der Waals surface area contributed by atoms with Crippen molar-refractivity contribution in [3.63, 3.8) is 0 Å². The molecule has 0 atom stereocenters. The molecule has 1 aromatic heterocycles. The molecule has 0 amide bonds. The fourth-order valence-electron chi connectivity index (χ4n) is 2.88. The van der Waals surface area contributed by atoms with Crippen LogP contribution in [0.2, 0.25) is 0 Å². The molecule has 0 aliphatic rings. The molecule has 1 heterocycles. The number of rotatable bonds is 4. The van der Waals surface area contributed by atoms with E-state index in [4.69, 9.17) is 0 Å². The molecule has 0 aliphatic carbocycles. The summed E-state index contributed by atoms with van der Waals surface area (Å²) in [6.07, 6.45) is 0. The second kappa shape index (κ2) is 7.38. The van der Waals surface area contributed by atoms with Crippen LogP contribution >= 0.6 is 0 Å². The van der Waals surface area contributed by atoms with Crippen LogP contribution in [0.3, 0.4) is 0 Å². The molecule has 0 saturated carbocycles. The normalized spacial score (nSPS) is 12.5. The monoisotopic (exact) mass is 444 g/mol. The van der Waals surface area contributed by atoms with Crippen molar-refractivity contribution in [1.82, 2.24) is 9.78 Å². The Balaban J connectivity index is 2.34. The molecule has 0 N–H and O–H groups in total. The molecule has 0 unspecified atom stereocenters. The Morgan fingerprint density at radius 2 is 1.73 bits per heavy atom. The molecule has 30 heavy (non-hydrogen) atoms. The highest BCUT2D eigenvalue weighted by Gasteiger charge is 2.49. The van der Waals surface area contributed by atoms with Crippen molar-refractivity contribution >= 4 is 20.9 Å². The van der Waals surface area contributed by atoms with Crippen molar-refractivity contribution in [2.75, 3.05) is 0 Å². The lowest BCUT2D eigenvalue weighted by atomic mass is 10.0. The second-order valence-corrected chi connectivity index (χ2v) is 8.39. The van der Waals surface area contributed by atoms with Crippen LogP contribution in [0.5, 0.6) is 5.75 Å². The minimum Gasteiger partial charge on any atom is -0.373 e. The van der Waals surface area contributed by atoms with Gasteiger partial charge in [-0.2, -0.15) is 31.4 Å². The minimum atomic E-state index is -6.11. The Hall–Kier alpha value is -2.95. The van der Waals surface area contributed by atoms with Gasteiger partial charge in [-0.05, 0) is 36.6 Å². The van der Waals surface area contributed by atoms with Gasteiger partial charge in [0, 0.05) is 5.39 Å². The number of para-hydroxylation sites is 1. The number of hydrogen-bond acceptors (Lipinski definition) is 5. The van der Waals surface area contributed by atoms with Crippen LogP contribution in [0.15, 0.2) is 41.2 Å². The van der Waals surface area contributed by atoms with E-state index in [9.17, 15) is 30.8 Å². The van der Waals surface area contributed by atoms with E-state index in [2.05, 4.69) is 9.28 Å². The first-order valence-corrected chi connectivity index (χ1v) is 10.1. The van der Waals surface area contributed by atoms with Crippen molar-refractivity contribution in [1.29, 1.82) is 0 Å². The zero-order valence-electron chi connectivity index (χ0n) is 16.0. The van der Waals surface area contributed by atoms with Crippen LogP contribution in [0.1, 0.15) is 31.0 Å².